The number of esters is 1. The van der Waals surface area contributed by atoms with Crippen molar-refractivity contribution < 1.29 is 18.3 Å². The van der Waals surface area contributed by atoms with Gasteiger partial charge in [-0.3, -0.25) is 4.98 Å². The van der Waals surface area contributed by atoms with Crippen LogP contribution in [0.15, 0.2) is 18.3 Å². The molecule has 0 unspecified atom stereocenters. The van der Waals surface area contributed by atoms with Gasteiger partial charge >= 0.3 is 5.97 Å². The Kier molecular flexibility index (Phi) is 2.93. The van der Waals surface area contributed by atoms with Gasteiger partial charge in [0, 0.05) is 17.6 Å². The molecule has 6 heteroatoms. The molecule has 88 valence electrons. The molecule has 0 saturated carbocycles. The van der Waals surface area contributed by atoms with Gasteiger partial charge in [-0.15, -0.1) is 0 Å². The maximum absolute atomic E-state index is 13.1. The second kappa shape index (κ2) is 4.25. The monoisotopic (exact) mass is 257 g/mol. The number of aromatic nitrogens is 1. The van der Waals surface area contributed by atoms with E-state index in [4.69, 9.17) is 11.6 Å². The standard InChI is InChI=1S/C11H6ClF2NO2/c1-17-11(16)6-4-15-9-3-8(14)7(13)2-5(9)10(6)12/h2-4H,1H3. The van der Waals surface area contributed by atoms with Gasteiger partial charge in [-0.1, -0.05) is 11.6 Å². The number of hydrogen-bond acceptors (Lipinski definition) is 3. The van der Waals surface area contributed by atoms with E-state index >= 15 is 0 Å². The van der Waals surface area contributed by atoms with E-state index in [1.807, 2.05) is 0 Å². The fourth-order valence-electron chi connectivity index (χ4n) is 1.41. The van der Waals surface area contributed by atoms with E-state index in [1.165, 1.54) is 7.11 Å². The van der Waals surface area contributed by atoms with Crippen molar-refractivity contribution in [3.63, 3.8) is 0 Å². The SMILES string of the molecule is COC(=O)c1cnc2cc(F)c(F)cc2c1Cl. The third-order valence-electron chi connectivity index (χ3n) is 2.25. The van der Waals surface area contributed by atoms with Crippen LogP contribution in [-0.4, -0.2) is 18.1 Å². The van der Waals surface area contributed by atoms with Crippen LogP contribution >= 0.6 is 11.6 Å². The molecule has 0 saturated heterocycles. The summed E-state index contributed by atoms with van der Waals surface area (Å²) < 4.78 is 30.5. The summed E-state index contributed by atoms with van der Waals surface area (Å²) in [7, 11) is 1.19. The molecule has 0 amide bonds. The molecule has 3 nitrogen and oxygen atoms in total. The zero-order valence-corrected chi connectivity index (χ0v) is 9.39. The van der Waals surface area contributed by atoms with Crippen LogP contribution in [0, 0.1) is 11.6 Å². The van der Waals surface area contributed by atoms with Gasteiger partial charge in [0.25, 0.3) is 0 Å². The summed E-state index contributed by atoms with van der Waals surface area (Å²) in [4.78, 5) is 15.1. The Morgan fingerprint density at radius 3 is 2.65 bits per heavy atom. The molecule has 1 aromatic heterocycles. The van der Waals surface area contributed by atoms with Crippen LogP contribution in [0.2, 0.25) is 5.02 Å². The van der Waals surface area contributed by atoms with Crippen LogP contribution in [0.5, 0.6) is 0 Å². The summed E-state index contributed by atoms with van der Waals surface area (Å²) in [6.45, 7) is 0. The molecule has 2 aromatic rings. The van der Waals surface area contributed by atoms with Gasteiger partial charge in [0.15, 0.2) is 11.6 Å². The van der Waals surface area contributed by atoms with Crippen molar-refractivity contribution in [3.8, 4) is 0 Å². The van der Waals surface area contributed by atoms with E-state index in [2.05, 4.69) is 9.72 Å². The molecule has 0 atom stereocenters. The number of ether oxygens (including phenoxy) is 1. The van der Waals surface area contributed by atoms with Crippen LogP contribution < -0.4 is 0 Å². The number of carbonyl (C=O) groups is 1. The summed E-state index contributed by atoms with van der Waals surface area (Å²) in [6.07, 6.45) is 1.16. The van der Waals surface area contributed by atoms with Gasteiger partial charge < -0.3 is 4.74 Å². The molecule has 0 aliphatic carbocycles. The zero-order valence-electron chi connectivity index (χ0n) is 8.63. The minimum Gasteiger partial charge on any atom is -0.465 e. The van der Waals surface area contributed by atoms with Crippen LogP contribution in [-0.2, 0) is 4.74 Å². The highest BCUT2D eigenvalue weighted by atomic mass is 35.5. The second-order valence-electron chi connectivity index (χ2n) is 3.26. The number of nitrogens with zero attached hydrogens (tertiary/aromatic N) is 1. The van der Waals surface area contributed by atoms with Crippen molar-refractivity contribution in [2.45, 2.75) is 0 Å². The van der Waals surface area contributed by atoms with Crippen molar-refractivity contribution in [3.05, 3.63) is 40.6 Å². The number of carbonyl (C=O) groups excluding carboxylic acids is 1. The van der Waals surface area contributed by atoms with Crippen molar-refractivity contribution >= 4 is 28.5 Å². The number of methoxy groups -OCH3 is 1. The Bertz CT molecular complexity index is 616. The summed E-state index contributed by atoms with van der Waals surface area (Å²) in [6, 6.07) is 1.81. The Balaban J connectivity index is 2.75. The van der Waals surface area contributed by atoms with Gasteiger partial charge in [-0.05, 0) is 6.07 Å². The van der Waals surface area contributed by atoms with E-state index in [0.717, 1.165) is 18.3 Å². The van der Waals surface area contributed by atoms with Gasteiger partial charge in [0.05, 0.1) is 23.2 Å². The number of hydrogen-bond donors (Lipinski definition) is 0. The van der Waals surface area contributed by atoms with E-state index in [-0.39, 0.29) is 21.5 Å². The summed E-state index contributed by atoms with van der Waals surface area (Å²) in [5, 5.41) is 0.147. The fourth-order valence-corrected chi connectivity index (χ4v) is 1.68. The summed E-state index contributed by atoms with van der Waals surface area (Å²) in [5.74, 6) is -2.76. The lowest BCUT2D eigenvalue weighted by Gasteiger charge is -2.05. The lowest BCUT2D eigenvalue weighted by Crippen LogP contribution is -2.03. The van der Waals surface area contributed by atoms with E-state index in [9.17, 15) is 13.6 Å². The third-order valence-corrected chi connectivity index (χ3v) is 2.66. The molecule has 0 bridgehead atoms. The first-order valence-corrected chi connectivity index (χ1v) is 4.94. The van der Waals surface area contributed by atoms with Crippen LogP contribution in [0.3, 0.4) is 0 Å². The van der Waals surface area contributed by atoms with E-state index in [1.54, 1.807) is 0 Å². The highest BCUT2D eigenvalue weighted by Gasteiger charge is 2.16. The van der Waals surface area contributed by atoms with Gasteiger partial charge in [0.2, 0.25) is 0 Å². The molecule has 17 heavy (non-hydrogen) atoms. The number of halogens is 3. The number of fused-ring (bicyclic) bond motifs is 1. The van der Waals surface area contributed by atoms with E-state index < -0.39 is 17.6 Å². The Morgan fingerprint density at radius 2 is 2.00 bits per heavy atom. The predicted octanol–water partition coefficient (Wildman–Crippen LogP) is 2.95. The minimum atomic E-state index is -1.05. The van der Waals surface area contributed by atoms with E-state index in [0.29, 0.717) is 0 Å². The normalized spacial score (nSPS) is 10.6. The maximum Gasteiger partial charge on any atom is 0.340 e. The topological polar surface area (TPSA) is 39.2 Å². The van der Waals surface area contributed by atoms with Gasteiger partial charge in [-0.2, -0.15) is 0 Å². The van der Waals surface area contributed by atoms with Crippen LogP contribution in [0.4, 0.5) is 8.78 Å². The lowest BCUT2D eigenvalue weighted by molar-refractivity contribution is 0.0600. The van der Waals surface area contributed by atoms with Gasteiger partial charge in [0.1, 0.15) is 0 Å². The summed E-state index contributed by atoms with van der Waals surface area (Å²) >= 11 is 5.91. The molecule has 0 spiro atoms. The fraction of sp³-hybridized carbons (Fsp3) is 0.0909. The second-order valence-corrected chi connectivity index (χ2v) is 3.64. The van der Waals surface area contributed by atoms with Crippen LogP contribution in [0.1, 0.15) is 10.4 Å². The maximum atomic E-state index is 13.1. The Labute approximate surface area is 100.0 Å². The highest BCUT2D eigenvalue weighted by molar-refractivity contribution is 6.38. The minimum absolute atomic E-state index is 0.00711. The molecule has 0 radical (unpaired) electrons. The number of pyridine rings is 1. The molecule has 0 N–H and O–H groups in total. The Morgan fingerprint density at radius 1 is 1.35 bits per heavy atom. The Hall–Kier alpha value is -1.75. The molecule has 2 rings (SSSR count). The molecule has 1 aromatic carbocycles. The van der Waals surface area contributed by atoms with Crippen LogP contribution in [0.25, 0.3) is 10.9 Å². The zero-order chi connectivity index (χ0) is 12.6. The number of rotatable bonds is 1. The molecule has 1 heterocycles. The van der Waals surface area contributed by atoms with Crippen molar-refractivity contribution in [2.75, 3.05) is 7.11 Å². The molecule has 0 aliphatic heterocycles. The number of benzene rings is 1. The van der Waals surface area contributed by atoms with Crippen molar-refractivity contribution in [2.24, 2.45) is 0 Å². The first kappa shape index (κ1) is 11.7. The van der Waals surface area contributed by atoms with Crippen molar-refractivity contribution in [1.82, 2.24) is 4.98 Å². The summed E-state index contributed by atoms with van der Waals surface area (Å²) in [5.41, 5.74) is 0.175. The quantitative estimate of drug-likeness (QED) is 0.738. The van der Waals surface area contributed by atoms with Crippen molar-refractivity contribution in [1.29, 1.82) is 0 Å². The molecule has 0 fully saturated rings. The first-order chi connectivity index (χ1) is 8.04. The predicted molar refractivity (Wildman–Crippen MR) is 58.0 cm³/mol. The van der Waals surface area contributed by atoms with Gasteiger partial charge in [-0.25, -0.2) is 13.6 Å². The molecule has 0 aliphatic rings. The third kappa shape index (κ3) is 1.93. The lowest BCUT2D eigenvalue weighted by atomic mass is 10.1. The molecular formula is C11H6ClF2NO2. The largest absolute Gasteiger partial charge is 0.465 e. The first-order valence-electron chi connectivity index (χ1n) is 4.56. The highest BCUT2D eigenvalue weighted by Crippen LogP contribution is 2.27. The average Bonchev–Trinajstić information content (AvgIpc) is 2.31. The smallest absolute Gasteiger partial charge is 0.340 e. The average molecular weight is 258 g/mol. The molecular weight excluding hydrogens is 252 g/mol.